The fourth-order valence-electron chi connectivity index (χ4n) is 0.440. The molecule has 1 aromatic rings. The highest BCUT2D eigenvalue weighted by atomic mass is 32.2. The molecule has 0 amide bonds. The standard InChI is InChI=1S/C6H7NO3S/c7-5-1-3-6(4-2-5)11(8,9)10/h1-4H,7H2,(H,8,9,10)/i1D,2D,3D,4D. The molecule has 11 heavy (non-hydrogen) atoms. The smallest absolute Gasteiger partial charge is 0.294 e. The lowest BCUT2D eigenvalue weighted by atomic mass is 10.3. The van der Waals surface area contributed by atoms with E-state index in [0.717, 1.165) is 0 Å². The van der Waals surface area contributed by atoms with Crippen LogP contribution in [0.4, 0.5) is 5.69 Å². The Kier molecular flexibility index (Phi) is 0.935. The van der Waals surface area contributed by atoms with E-state index in [1.807, 2.05) is 0 Å². The molecular formula is C6H7NO3S. The first kappa shape index (κ1) is 4.08. The predicted octanol–water partition coefficient (Wildman–Crippen LogP) is 0.516. The van der Waals surface area contributed by atoms with E-state index in [2.05, 4.69) is 0 Å². The van der Waals surface area contributed by atoms with Crippen LogP contribution in [0.15, 0.2) is 29.1 Å². The molecule has 0 fully saturated rings. The molecule has 60 valence electrons. The Morgan fingerprint density at radius 1 is 1.36 bits per heavy atom. The van der Waals surface area contributed by atoms with Gasteiger partial charge in [0, 0.05) is 5.69 Å². The second-order valence-corrected chi connectivity index (χ2v) is 3.08. The molecule has 5 heteroatoms. The van der Waals surface area contributed by atoms with E-state index in [-0.39, 0.29) is 0 Å². The van der Waals surface area contributed by atoms with E-state index in [9.17, 15) is 8.42 Å². The molecule has 0 saturated heterocycles. The van der Waals surface area contributed by atoms with Gasteiger partial charge in [0.05, 0.1) is 10.4 Å². The fourth-order valence-corrected chi connectivity index (χ4v) is 0.800. The molecule has 0 aliphatic rings. The van der Waals surface area contributed by atoms with Crippen molar-refractivity contribution in [3.05, 3.63) is 24.2 Å². The van der Waals surface area contributed by atoms with Crippen LogP contribution in [0.1, 0.15) is 5.48 Å². The first-order valence-electron chi connectivity index (χ1n) is 4.51. The molecule has 4 nitrogen and oxygen atoms in total. The van der Waals surface area contributed by atoms with Gasteiger partial charge in [-0.05, 0) is 24.2 Å². The van der Waals surface area contributed by atoms with Crippen LogP contribution in [-0.2, 0) is 10.1 Å². The van der Waals surface area contributed by atoms with Crippen molar-refractivity contribution in [1.29, 1.82) is 0 Å². The van der Waals surface area contributed by atoms with Gasteiger partial charge in [-0.1, -0.05) is 0 Å². The monoisotopic (exact) mass is 177 g/mol. The van der Waals surface area contributed by atoms with Gasteiger partial charge in [-0.2, -0.15) is 8.42 Å². The summed E-state index contributed by atoms with van der Waals surface area (Å²) in [5, 5.41) is 0. The van der Waals surface area contributed by atoms with Gasteiger partial charge in [0.25, 0.3) is 10.1 Å². The maximum absolute atomic E-state index is 10.8. The highest BCUT2D eigenvalue weighted by Crippen LogP contribution is 2.10. The van der Waals surface area contributed by atoms with Crippen molar-refractivity contribution in [2.45, 2.75) is 4.90 Å². The Balaban J connectivity index is 3.84. The van der Waals surface area contributed by atoms with E-state index >= 15 is 0 Å². The van der Waals surface area contributed by atoms with Crippen LogP contribution in [0, 0.1) is 0 Å². The van der Waals surface area contributed by atoms with Crippen LogP contribution in [0.25, 0.3) is 0 Å². The summed E-state index contributed by atoms with van der Waals surface area (Å²) in [7, 11) is -4.80. The van der Waals surface area contributed by atoms with Gasteiger partial charge in [-0.3, -0.25) is 4.55 Å². The van der Waals surface area contributed by atoms with Crippen molar-refractivity contribution in [2.75, 3.05) is 5.73 Å². The Labute approximate surface area is 70.0 Å². The zero-order valence-electron chi connectivity index (χ0n) is 9.25. The average Bonchev–Trinajstić information content (AvgIpc) is 2.09. The minimum Gasteiger partial charge on any atom is -0.399 e. The maximum atomic E-state index is 10.8. The van der Waals surface area contributed by atoms with Gasteiger partial charge < -0.3 is 5.73 Å². The maximum Gasteiger partial charge on any atom is 0.294 e. The van der Waals surface area contributed by atoms with Gasteiger partial charge in [0.1, 0.15) is 0 Å². The average molecular weight is 177 g/mol. The van der Waals surface area contributed by atoms with Crippen molar-refractivity contribution in [1.82, 2.24) is 0 Å². The molecule has 1 rings (SSSR count). The lowest BCUT2D eigenvalue weighted by Crippen LogP contribution is -1.97. The van der Waals surface area contributed by atoms with Gasteiger partial charge in [-0.25, -0.2) is 0 Å². The Hall–Kier alpha value is -1.07. The number of nitrogens with two attached hydrogens (primary N) is 1. The van der Waals surface area contributed by atoms with Crippen LogP contribution < -0.4 is 5.73 Å². The lowest BCUT2D eigenvalue weighted by Gasteiger charge is -1.95. The second kappa shape index (κ2) is 2.52. The van der Waals surface area contributed by atoms with Crippen LogP contribution >= 0.6 is 0 Å². The van der Waals surface area contributed by atoms with E-state index in [1.165, 1.54) is 0 Å². The molecule has 0 radical (unpaired) electrons. The second-order valence-electron chi connectivity index (χ2n) is 1.72. The number of nitrogen functional groups attached to an aromatic ring is 1. The third-order valence-electron chi connectivity index (χ3n) is 0.879. The quantitative estimate of drug-likeness (QED) is 0.484. The van der Waals surface area contributed by atoms with E-state index < -0.39 is 44.9 Å². The summed E-state index contributed by atoms with van der Waals surface area (Å²) in [4.78, 5) is -1.06. The minimum atomic E-state index is -4.80. The zero-order chi connectivity index (χ0) is 12.0. The summed E-state index contributed by atoms with van der Waals surface area (Å²) in [5.74, 6) is 0. The topological polar surface area (TPSA) is 80.4 Å². The van der Waals surface area contributed by atoms with E-state index in [0.29, 0.717) is 0 Å². The van der Waals surface area contributed by atoms with Gasteiger partial charge in [0.15, 0.2) is 0 Å². The third kappa shape index (κ3) is 1.92. The number of benzene rings is 1. The minimum absolute atomic E-state index is 0.461. The normalized spacial score (nSPS) is 16.5. The number of hydrogen-bond acceptors (Lipinski definition) is 3. The number of hydrogen-bond donors (Lipinski definition) is 2. The number of rotatable bonds is 1. The molecule has 3 N–H and O–H groups in total. The molecule has 0 aliphatic carbocycles. The Morgan fingerprint density at radius 2 is 1.82 bits per heavy atom. The van der Waals surface area contributed by atoms with Crippen molar-refractivity contribution >= 4 is 15.8 Å². The molecule has 0 atom stereocenters. The zero-order valence-corrected chi connectivity index (χ0v) is 6.07. The van der Waals surface area contributed by atoms with Gasteiger partial charge in [0.2, 0.25) is 0 Å². The summed E-state index contributed by atoms with van der Waals surface area (Å²) in [6.45, 7) is 0. The van der Waals surface area contributed by atoms with Crippen molar-refractivity contribution in [2.24, 2.45) is 0 Å². The molecule has 0 unspecified atom stereocenters. The van der Waals surface area contributed by atoms with Gasteiger partial charge in [-0.15, -0.1) is 0 Å². The van der Waals surface area contributed by atoms with Crippen LogP contribution in [0.5, 0.6) is 0 Å². The van der Waals surface area contributed by atoms with E-state index in [4.69, 9.17) is 15.8 Å². The molecule has 0 aromatic heterocycles. The van der Waals surface area contributed by atoms with Crippen LogP contribution in [0.3, 0.4) is 0 Å². The van der Waals surface area contributed by atoms with E-state index in [1.54, 1.807) is 0 Å². The van der Waals surface area contributed by atoms with Crippen molar-refractivity contribution < 1.29 is 18.5 Å². The van der Waals surface area contributed by atoms with Crippen molar-refractivity contribution in [3.8, 4) is 0 Å². The van der Waals surface area contributed by atoms with Crippen LogP contribution in [-0.4, -0.2) is 13.0 Å². The summed E-state index contributed by atoms with van der Waals surface area (Å²) in [6, 6.07) is -3.14. The molecule has 1 aromatic carbocycles. The van der Waals surface area contributed by atoms with Crippen LogP contribution in [0.2, 0.25) is 0 Å². The van der Waals surface area contributed by atoms with Crippen molar-refractivity contribution in [3.63, 3.8) is 0 Å². The lowest BCUT2D eigenvalue weighted by molar-refractivity contribution is 0.483. The molecule has 0 spiro atoms. The van der Waals surface area contributed by atoms with Gasteiger partial charge >= 0.3 is 0 Å². The molecule has 0 saturated carbocycles. The highest BCUT2D eigenvalue weighted by molar-refractivity contribution is 7.85. The number of anilines is 1. The molecule has 0 aliphatic heterocycles. The molecular weight excluding hydrogens is 166 g/mol. The Bertz CT molecular complexity index is 499. The SMILES string of the molecule is [2H]c1c([2H])c(S(=O)(=O)O)c([2H])c([2H])c1N. The highest BCUT2D eigenvalue weighted by Gasteiger charge is 2.06. The third-order valence-corrected chi connectivity index (χ3v) is 1.60. The Morgan fingerprint density at radius 3 is 2.18 bits per heavy atom. The summed E-state index contributed by atoms with van der Waals surface area (Å²) >= 11 is 0. The summed E-state index contributed by atoms with van der Waals surface area (Å²) < 4.78 is 59.2. The molecule has 0 heterocycles. The summed E-state index contributed by atoms with van der Waals surface area (Å²) in [5.41, 5.74) is 4.74. The fraction of sp³-hybridized carbons (Fsp3) is 0. The largest absolute Gasteiger partial charge is 0.399 e. The molecule has 0 bridgehead atoms. The first-order valence-corrected chi connectivity index (χ1v) is 3.95. The predicted molar refractivity (Wildman–Crippen MR) is 40.7 cm³/mol. The first-order chi connectivity index (χ1) is 6.68. The summed E-state index contributed by atoms with van der Waals surface area (Å²) in [6.07, 6.45) is 0.